The molecule has 0 fully saturated rings. The highest BCUT2D eigenvalue weighted by Crippen LogP contribution is 2.37. The van der Waals surface area contributed by atoms with Gasteiger partial charge in [-0.3, -0.25) is 10.1 Å². The van der Waals surface area contributed by atoms with Crippen molar-refractivity contribution in [1.29, 1.82) is 0 Å². The molecule has 1 heterocycles. The van der Waals surface area contributed by atoms with Gasteiger partial charge in [-0.1, -0.05) is 12.1 Å². The van der Waals surface area contributed by atoms with E-state index in [2.05, 4.69) is 5.32 Å². The van der Waals surface area contributed by atoms with E-state index in [4.69, 9.17) is 9.47 Å². The second-order valence-corrected chi connectivity index (χ2v) is 5.40. The average molecular weight is 314 g/mol. The third kappa shape index (κ3) is 2.85. The third-order valence-electron chi connectivity index (χ3n) is 4.11. The summed E-state index contributed by atoms with van der Waals surface area (Å²) in [6.45, 7) is 0.801. The summed E-state index contributed by atoms with van der Waals surface area (Å²) >= 11 is 0. The van der Waals surface area contributed by atoms with E-state index in [-0.39, 0.29) is 16.7 Å². The summed E-state index contributed by atoms with van der Waals surface area (Å²) in [5.74, 6) is 1.36. The molecule has 23 heavy (non-hydrogen) atoms. The zero-order chi connectivity index (χ0) is 16.4. The van der Waals surface area contributed by atoms with Gasteiger partial charge < -0.3 is 14.8 Å². The van der Waals surface area contributed by atoms with Crippen LogP contribution in [0.2, 0.25) is 0 Å². The minimum absolute atomic E-state index is 0.0944. The van der Waals surface area contributed by atoms with E-state index in [1.807, 2.05) is 18.2 Å². The molecule has 0 aliphatic carbocycles. The van der Waals surface area contributed by atoms with Gasteiger partial charge in [0.2, 0.25) is 0 Å². The van der Waals surface area contributed by atoms with E-state index >= 15 is 0 Å². The molecule has 1 atom stereocenters. The average Bonchev–Trinajstić information content (AvgIpc) is 2.59. The number of benzene rings is 2. The van der Waals surface area contributed by atoms with E-state index in [0.29, 0.717) is 11.5 Å². The lowest BCUT2D eigenvalue weighted by Gasteiger charge is -2.28. The number of nitrogens with one attached hydrogen (secondary N) is 1. The first-order valence-corrected chi connectivity index (χ1v) is 7.36. The Morgan fingerprint density at radius 2 is 1.91 bits per heavy atom. The van der Waals surface area contributed by atoms with Crippen LogP contribution >= 0.6 is 0 Å². The molecule has 6 nitrogen and oxygen atoms in total. The van der Waals surface area contributed by atoms with Crippen LogP contribution in [0.4, 0.5) is 5.69 Å². The number of non-ortho nitro benzene ring substituents is 1. The van der Waals surface area contributed by atoms with Gasteiger partial charge in [-0.25, -0.2) is 0 Å². The number of methoxy groups -OCH3 is 2. The molecule has 0 spiro atoms. The first-order valence-electron chi connectivity index (χ1n) is 7.36. The molecule has 2 aromatic carbocycles. The van der Waals surface area contributed by atoms with E-state index < -0.39 is 0 Å². The summed E-state index contributed by atoms with van der Waals surface area (Å²) in [5, 5.41) is 14.4. The minimum atomic E-state index is -0.373. The molecule has 0 saturated heterocycles. The monoisotopic (exact) mass is 314 g/mol. The van der Waals surface area contributed by atoms with Crippen molar-refractivity contribution >= 4 is 5.69 Å². The summed E-state index contributed by atoms with van der Waals surface area (Å²) in [4.78, 5) is 10.6. The van der Waals surface area contributed by atoms with Crippen LogP contribution in [0.5, 0.6) is 11.5 Å². The fraction of sp³-hybridized carbons (Fsp3) is 0.294. The van der Waals surface area contributed by atoms with Crippen molar-refractivity contribution in [3.8, 4) is 11.5 Å². The summed E-state index contributed by atoms with van der Waals surface area (Å²) in [5.41, 5.74) is 3.19. The van der Waals surface area contributed by atoms with Crippen molar-refractivity contribution in [1.82, 2.24) is 5.32 Å². The maximum absolute atomic E-state index is 11.0. The smallest absolute Gasteiger partial charge is 0.269 e. The number of ether oxygens (including phenoxy) is 2. The van der Waals surface area contributed by atoms with Crippen LogP contribution in [0.25, 0.3) is 0 Å². The summed E-state index contributed by atoms with van der Waals surface area (Å²) in [6.07, 6.45) is 0.876. The van der Waals surface area contributed by atoms with Gasteiger partial charge in [0.1, 0.15) is 0 Å². The van der Waals surface area contributed by atoms with Crippen LogP contribution in [0.3, 0.4) is 0 Å². The van der Waals surface area contributed by atoms with Crippen molar-refractivity contribution < 1.29 is 14.4 Å². The first-order chi connectivity index (χ1) is 11.1. The predicted octanol–water partition coefficient (Wildman–Crippen LogP) is 2.85. The molecule has 0 bridgehead atoms. The maximum Gasteiger partial charge on any atom is 0.269 e. The Morgan fingerprint density at radius 3 is 2.61 bits per heavy atom. The van der Waals surface area contributed by atoms with E-state index in [1.165, 1.54) is 6.07 Å². The van der Waals surface area contributed by atoms with Crippen LogP contribution in [0, 0.1) is 10.1 Å². The predicted molar refractivity (Wildman–Crippen MR) is 86.2 cm³/mol. The molecule has 2 aromatic rings. The molecular weight excluding hydrogens is 296 g/mol. The molecule has 3 rings (SSSR count). The summed E-state index contributed by atoms with van der Waals surface area (Å²) < 4.78 is 10.7. The van der Waals surface area contributed by atoms with Gasteiger partial charge in [-0.15, -0.1) is 0 Å². The third-order valence-corrected chi connectivity index (χ3v) is 4.11. The van der Waals surface area contributed by atoms with Crippen molar-refractivity contribution in [3.05, 3.63) is 63.2 Å². The van der Waals surface area contributed by atoms with Crippen molar-refractivity contribution in [2.24, 2.45) is 0 Å². The second kappa shape index (κ2) is 6.26. The van der Waals surface area contributed by atoms with Gasteiger partial charge in [0, 0.05) is 18.7 Å². The van der Waals surface area contributed by atoms with Crippen molar-refractivity contribution in [2.45, 2.75) is 12.5 Å². The van der Waals surface area contributed by atoms with Crippen LogP contribution in [0.15, 0.2) is 36.4 Å². The molecular formula is C17H18N2O4. The molecule has 0 saturated carbocycles. The van der Waals surface area contributed by atoms with Crippen molar-refractivity contribution in [2.75, 3.05) is 20.8 Å². The van der Waals surface area contributed by atoms with Gasteiger partial charge in [0.05, 0.1) is 25.2 Å². The Bertz CT molecular complexity index is 745. The topological polar surface area (TPSA) is 73.6 Å². The Labute approximate surface area is 134 Å². The molecule has 6 heteroatoms. The minimum Gasteiger partial charge on any atom is -0.493 e. The van der Waals surface area contributed by atoms with Gasteiger partial charge >= 0.3 is 0 Å². The molecule has 0 unspecified atom stereocenters. The lowest BCUT2D eigenvalue weighted by Crippen LogP contribution is -2.30. The zero-order valence-corrected chi connectivity index (χ0v) is 13.0. The highest BCUT2D eigenvalue weighted by molar-refractivity contribution is 5.52. The number of hydrogen-bond donors (Lipinski definition) is 1. The van der Waals surface area contributed by atoms with Gasteiger partial charge in [-0.2, -0.15) is 0 Å². The first kappa shape index (κ1) is 15.3. The van der Waals surface area contributed by atoms with Gasteiger partial charge in [0.25, 0.3) is 5.69 Å². The second-order valence-electron chi connectivity index (χ2n) is 5.40. The normalized spacial score (nSPS) is 16.5. The molecule has 0 radical (unpaired) electrons. The van der Waals surface area contributed by atoms with Crippen LogP contribution in [-0.2, 0) is 6.42 Å². The molecule has 1 aliphatic heterocycles. The van der Waals surface area contributed by atoms with E-state index in [0.717, 1.165) is 29.7 Å². The summed E-state index contributed by atoms with van der Waals surface area (Å²) in [6, 6.07) is 10.6. The van der Waals surface area contributed by atoms with Crippen molar-refractivity contribution in [3.63, 3.8) is 0 Å². The number of hydrogen-bond acceptors (Lipinski definition) is 5. The highest BCUT2D eigenvalue weighted by atomic mass is 16.6. The largest absolute Gasteiger partial charge is 0.493 e. The van der Waals surface area contributed by atoms with Gasteiger partial charge in [-0.05, 0) is 35.2 Å². The molecule has 120 valence electrons. The lowest BCUT2D eigenvalue weighted by atomic mass is 9.89. The maximum atomic E-state index is 11.0. The standard InChI is InChI=1S/C17H18N2O4/c1-22-15-9-11-6-7-18-17(14(11)10-16(15)23-2)12-4-3-5-13(8-12)19(20)21/h3-5,8-10,17-18H,6-7H2,1-2H3/t17-/m1/s1. The Balaban J connectivity index is 2.07. The lowest BCUT2D eigenvalue weighted by molar-refractivity contribution is -0.384. The number of nitro benzene ring substituents is 1. The van der Waals surface area contributed by atoms with Crippen LogP contribution in [0.1, 0.15) is 22.7 Å². The molecule has 0 aromatic heterocycles. The Hall–Kier alpha value is -2.60. The zero-order valence-electron chi connectivity index (χ0n) is 13.0. The Kier molecular flexibility index (Phi) is 4.16. The molecule has 1 N–H and O–H groups in total. The number of nitro groups is 1. The fourth-order valence-corrected chi connectivity index (χ4v) is 3.00. The van der Waals surface area contributed by atoms with E-state index in [9.17, 15) is 10.1 Å². The Morgan fingerprint density at radius 1 is 1.17 bits per heavy atom. The summed E-state index contributed by atoms with van der Waals surface area (Å²) in [7, 11) is 3.21. The highest BCUT2D eigenvalue weighted by Gasteiger charge is 2.25. The molecule has 1 aliphatic rings. The van der Waals surface area contributed by atoms with Crippen LogP contribution < -0.4 is 14.8 Å². The quantitative estimate of drug-likeness (QED) is 0.694. The van der Waals surface area contributed by atoms with E-state index in [1.54, 1.807) is 26.4 Å². The van der Waals surface area contributed by atoms with Crippen LogP contribution in [-0.4, -0.2) is 25.7 Å². The number of fused-ring (bicyclic) bond motifs is 1. The fourth-order valence-electron chi connectivity index (χ4n) is 3.00. The molecule has 0 amide bonds. The number of rotatable bonds is 4. The number of nitrogens with zero attached hydrogens (tertiary/aromatic N) is 1. The SMILES string of the molecule is COc1cc2c(cc1OC)[C@@H](c1cccc([N+](=O)[O-])c1)NCC2. The van der Waals surface area contributed by atoms with Gasteiger partial charge in [0.15, 0.2) is 11.5 Å².